The van der Waals surface area contributed by atoms with Crippen molar-refractivity contribution < 1.29 is 14.7 Å². The summed E-state index contributed by atoms with van der Waals surface area (Å²) in [5, 5.41) is 22.1. The number of carboxylic acid groups (broad SMARTS) is 1. The molecule has 0 aromatic carbocycles. The molecule has 1 amide bonds. The first-order valence-corrected chi connectivity index (χ1v) is 5.87. The molecule has 94 valence electrons. The van der Waals surface area contributed by atoms with Crippen LogP contribution in [0.3, 0.4) is 0 Å². The second kappa shape index (κ2) is 6.18. The van der Waals surface area contributed by atoms with Gasteiger partial charge in [0.15, 0.2) is 0 Å². The van der Waals surface area contributed by atoms with E-state index in [-0.39, 0.29) is 24.2 Å². The van der Waals surface area contributed by atoms with Crippen molar-refractivity contribution in [3.63, 3.8) is 0 Å². The number of rotatable bonds is 6. The van der Waals surface area contributed by atoms with Gasteiger partial charge in [0.1, 0.15) is 6.54 Å². The summed E-state index contributed by atoms with van der Waals surface area (Å²) < 4.78 is 1.13. The van der Waals surface area contributed by atoms with E-state index in [1.807, 2.05) is 13.8 Å². The minimum absolute atomic E-state index is 0.0677. The summed E-state index contributed by atoms with van der Waals surface area (Å²) in [5.74, 6) is -1.03. The van der Waals surface area contributed by atoms with Crippen LogP contribution in [0, 0.1) is 0 Å². The van der Waals surface area contributed by atoms with Gasteiger partial charge in [-0.15, -0.1) is 5.10 Å². The molecule has 17 heavy (non-hydrogen) atoms. The third kappa shape index (κ3) is 4.81. The smallest absolute Gasteiger partial charge is 0.325 e. The average Bonchev–Trinajstić information content (AvgIpc) is 2.60. The van der Waals surface area contributed by atoms with Crippen LogP contribution in [0.15, 0.2) is 5.16 Å². The van der Waals surface area contributed by atoms with Crippen LogP contribution >= 0.6 is 11.8 Å². The highest BCUT2D eigenvalue weighted by molar-refractivity contribution is 7.99. The van der Waals surface area contributed by atoms with Crippen LogP contribution in [0.25, 0.3) is 0 Å². The maximum Gasteiger partial charge on any atom is 0.325 e. The predicted molar refractivity (Wildman–Crippen MR) is 59.5 cm³/mol. The van der Waals surface area contributed by atoms with Gasteiger partial charge in [0.05, 0.1) is 5.75 Å². The molecule has 0 spiro atoms. The first kappa shape index (κ1) is 13.4. The van der Waals surface area contributed by atoms with Crippen molar-refractivity contribution in [3.05, 3.63) is 0 Å². The van der Waals surface area contributed by atoms with E-state index in [1.54, 1.807) is 0 Å². The van der Waals surface area contributed by atoms with Crippen molar-refractivity contribution in [1.82, 2.24) is 25.5 Å². The Morgan fingerprint density at radius 1 is 1.53 bits per heavy atom. The number of tetrazole rings is 1. The Bertz CT molecular complexity index is 406. The molecule has 1 aromatic rings. The molecule has 0 aliphatic heterocycles. The normalized spacial score (nSPS) is 10.5. The van der Waals surface area contributed by atoms with Gasteiger partial charge in [-0.05, 0) is 24.3 Å². The molecule has 0 saturated heterocycles. The molecule has 0 aliphatic carbocycles. The molecular weight excluding hydrogens is 246 g/mol. The molecule has 8 nitrogen and oxygen atoms in total. The van der Waals surface area contributed by atoms with E-state index < -0.39 is 5.97 Å². The van der Waals surface area contributed by atoms with Gasteiger partial charge < -0.3 is 10.4 Å². The quantitative estimate of drug-likeness (QED) is 0.655. The van der Waals surface area contributed by atoms with Gasteiger partial charge in [0, 0.05) is 6.04 Å². The monoisotopic (exact) mass is 259 g/mol. The van der Waals surface area contributed by atoms with Gasteiger partial charge in [-0.2, -0.15) is 0 Å². The van der Waals surface area contributed by atoms with E-state index in [2.05, 4.69) is 20.8 Å². The Morgan fingerprint density at radius 2 is 2.24 bits per heavy atom. The topological polar surface area (TPSA) is 110 Å². The summed E-state index contributed by atoms with van der Waals surface area (Å²) in [6.07, 6.45) is 0. The van der Waals surface area contributed by atoms with E-state index in [0.29, 0.717) is 5.16 Å². The van der Waals surface area contributed by atoms with E-state index in [1.165, 1.54) is 0 Å². The molecule has 2 N–H and O–H groups in total. The number of carboxylic acids is 1. The van der Waals surface area contributed by atoms with Crippen molar-refractivity contribution in [2.24, 2.45) is 0 Å². The molecule has 0 unspecified atom stereocenters. The van der Waals surface area contributed by atoms with Gasteiger partial charge >= 0.3 is 5.97 Å². The first-order valence-electron chi connectivity index (χ1n) is 4.89. The number of carbonyl (C=O) groups excluding carboxylic acids is 1. The number of hydrogen-bond donors (Lipinski definition) is 2. The zero-order valence-electron chi connectivity index (χ0n) is 9.45. The summed E-state index contributed by atoms with van der Waals surface area (Å²) in [6.45, 7) is 3.40. The van der Waals surface area contributed by atoms with Gasteiger partial charge in [-0.1, -0.05) is 11.8 Å². The van der Waals surface area contributed by atoms with Gasteiger partial charge in [-0.3, -0.25) is 9.59 Å². The SMILES string of the molecule is CC(C)NC(=O)CSc1nnnn1CC(=O)O. The molecule has 0 fully saturated rings. The minimum Gasteiger partial charge on any atom is -0.480 e. The molecule has 0 radical (unpaired) electrons. The average molecular weight is 259 g/mol. The van der Waals surface area contributed by atoms with Crippen molar-refractivity contribution >= 4 is 23.6 Å². The van der Waals surface area contributed by atoms with Crippen LogP contribution in [0.2, 0.25) is 0 Å². The fourth-order valence-corrected chi connectivity index (χ4v) is 1.71. The molecule has 0 aliphatic rings. The third-order valence-corrected chi connectivity index (χ3v) is 2.52. The summed E-state index contributed by atoms with van der Waals surface area (Å²) in [6, 6.07) is 0.0677. The van der Waals surface area contributed by atoms with Crippen LogP contribution in [0.1, 0.15) is 13.8 Å². The predicted octanol–water partition coefficient (Wildman–Crippen LogP) is -0.626. The molecule has 0 atom stereocenters. The zero-order valence-corrected chi connectivity index (χ0v) is 10.3. The Hall–Kier alpha value is -1.64. The van der Waals surface area contributed by atoms with Crippen LogP contribution in [-0.4, -0.2) is 49.0 Å². The largest absolute Gasteiger partial charge is 0.480 e. The molecule has 0 bridgehead atoms. The molecule has 1 heterocycles. The molecule has 9 heteroatoms. The van der Waals surface area contributed by atoms with Gasteiger partial charge in [-0.25, -0.2) is 4.68 Å². The number of amides is 1. The Balaban J connectivity index is 2.49. The number of thioether (sulfide) groups is 1. The van der Waals surface area contributed by atoms with E-state index in [9.17, 15) is 9.59 Å². The third-order valence-electron chi connectivity index (χ3n) is 1.57. The highest BCUT2D eigenvalue weighted by Crippen LogP contribution is 2.12. The van der Waals surface area contributed by atoms with E-state index in [0.717, 1.165) is 16.4 Å². The highest BCUT2D eigenvalue weighted by atomic mass is 32.2. The number of carbonyl (C=O) groups is 2. The highest BCUT2D eigenvalue weighted by Gasteiger charge is 2.12. The molecule has 1 rings (SSSR count). The van der Waals surface area contributed by atoms with Crippen molar-refractivity contribution in [2.45, 2.75) is 31.6 Å². The maximum atomic E-state index is 11.4. The Labute approximate surface area is 102 Å². The van der Waals surface area contributed by atoms with Crippen molar-refractivity contribution in [3.8, 4) is 0 Å². The van der Waals surface area contributed by atoms with Gasteiger partial charge in [0.2, 0.25) is 11.1 Å². The van der Waals surface area contributed by atoms with Crippen LogP contribution in [0.5, 0.6) is 0 Å². The second-order valence-corrected chi connectivity index (χ2v) is 4.47. The number of nitrogens with one attached hydrogen (secondary N) is 1. The number of hydrogen-bond acceptors (Lipinski definition) is 6. The van der Waals surface area contributed by atoms with Crippen LogP contribution < -0.4 is 5.32 Å². The molecule has 0 saturated carbocycles. The summed E-state index contributed by atoms with van der Waals surface area (Å²) in [7, 11) is 0. The van der Waals surface area contributed by atoms with E-state index in [4.69, 9.17) is 5.11 Å². The molecular formula is C8H13N5O3S. The van der Waals surface area contributed by atoms with Gasteiger partial charge in [0.25, 0.3) is 0 Å². The zero-order chi connectivity index (χ0) is 12.8. The van der Waals surface area contributed by atoms with Crippen molar-refractivity contribution in [2.75, 3.05) is 5.75 Å². The van der Waals surface area contributed by atoms with E-state index >= 15 is 0 Å². The lowest BCUT2D eigenvalue weighted by atomic mass is 10.4. The lowest BCUT2D eigenvalue weighted by Crippen LogP contribution is -2.31. The maximum absolute atomic E-state index is 11.4. The summed E-state index contributed by atoms with van der Waals surface area (Å²) >= 11 is 1.10. The number of aromatic nitrogens is 4. The minimum atomic E-state index is -1.04. The fourth-order valence-electron chi connectivity index (χ4n) is 1.02. The van der Waals surface area contributed by atoms with Crippen LogP contribution in [-0.2, 0) is 16.1 Å². The summed E-state index contributed by atoms with van der Waals surface area (Å²) in [4.78, 5) is 21.9. The first-order chi connectivity index (χ1) is 7.99. The second-order valence-electron chi connectivity index (χ2n) is 3.52. The fraction of sp³-hybridized carbons (Fsp3) is 0.625. The number of aliphatic carboxylic acids is 1. The lowest BCUT2D eigenvalue weighted by molar-refractivity contribution is -0.138. The standard InChI is InChI=1S/C8H13N5O3S/c1-5(2)9-6(14)4-17-8-10-11-12-13(8)3-7(15)16/h5H,3-4H2,1-2H3,(H,9,14)(H,15,16). The summed E-state index contributed by atoms with van der Waals surface area (Å²) in [5.41, 5.74) is 0. The Kier molecular flexibility index (Phi) is 4.88. The number of nitrogens with zero attached hydrogens (tertiary/aromatic N) is 4. The molecule has 1 aromatic heterocycles. The Morgan fingerprint density at radius 3 is 2.82 bits per heavy atom. The van der Waals surface area contributed by atoms with Crippen LogP contribution in [0.4, 0.5) is 0 Å². The lowest BCUT2D eigenvalue weighted by Gasteiger charge is -2.07. The van der Waals surface area contributed by atoms with Crippen molar-refractivity contribution in [1.29, 1.82) is 0 Å².